The minimum atomic E-state index is -1.62. The Morgan fingerprint density at radius 1 is 1.29 bits per heavy atom. The van der Waals surface area contributed by atoms with E-state index in [0.717, 1.165) is 25.9 Å². The number of nitrogens with zero attached hydrogens (tertiary/aromatic N) is 1. The molecule has 0 radical (unpaired) electrons. The van der Waals surface area contributed by atoms with Gasteiger partial charge >= 0.3 is 11.9 Å². The first kappa shape index (κ1) is 17.4. The second-order valence-corrected chi connectivity index (χ2v) is 7.47. The van der Waals surface area contributed by atoms with Gasteiger partial charge in [0.15, 0.2) is 5.60 Å². The highest BCUT2D eigenvalue weighted by Crippen LogP contribution is 2.36. The number of ether oxygens (including phenoxy) is 2. The highest BCUT2D eigenvalue weighted by Gasteiger charge is 2.48. The Morgan fingerprint density at radius 3 is 2.71 bits per heavy atom. The highest BCUT2D eigenvalue weighted by atomic mass is 16.6. The van der Waals surface area contributed by atoms with E-state index in [1.54, 1.807) is 19.9 Å². The first-order valence-corrected chi connectivity index (χ1v) is 8.84. The van der Waals surface area contributed by atoms with Gasteiger partial charge in [-0.05, 0) is 45.6 Å². The summed E-state index contributed by atoms with van der Waals surface area (Å²) in [6.07, 6.45) is 3.59. The van der Waals surface area contributed by atoms with Gasteiger partial charge < -0.3 is 14.6 Å². The molecule has 3 rings (SSSR count). The molecule has 3 saturated heterocycles. The summed E-state index contributed by atoms with van der Waals surface area (Å²) in [5.41, 5.74) is -1.12. The number of esters is 2. The SMILES string of the molecule is CC=C1C[C@@H](C)[C@](C)(O)C(=O)OC[C@H]2CCN3CC[C@@H](OC1=O)C23. The topological polar surface area (TPSA) is 76.1 Å². The molecule has 3 aliphatic heterocycles. The largest absolute Gasteiger partial charge is 0.463 e. The molecule has 6 nitrogen and oxygen atoms in total. The fraction of sp³-hybridized carbons (Fsp3) is 0.778. The number of hydrogen-bond acceptors (Lipinski definition) is 6. The van der Waals surface area contributed by atoms with Crippen LogP contribution >= 0.6 is 0 Å². The zero-order chi connectivity index (χ0) is 17.5. The Morgan fingerprint density at radius 2 is 2.00 bits per heavy atom. The Hall–Kier alpha value is -1.40. The molecule has 0 aliphatic carbocycles. The van der Waals surface area contributed by atoms with Crippen LogP contribution in [0.15, 0.2) is 11.6 Å². The van der Waals surface area contributed by atoms with Gasteiger partial charge in [-0.1, -0.05) is 13.0 Å². The molecule has 3 fully saturated rings. The standard InChI is InChI=1S/C18H27NO5/c1-4-12-9-11(2)18(3,22)17(21)23-10-13-5-7-19-8-6-14(15(13)19)24-16(12)20/h4,11,13-15,22H,5-10H2,1-3H3/t11-,13-,14-,15?,18+/m1/s1. The van der Waals surface area contributed by atoms with E-state index in [-0.39, 0.29) is 37.1 Å². The van der Waals surface area contributed by atoms with Crippen LogP contribution < -0.4 is 0 Å². The number of aliphatic hydroxyl groups is 1. The summed E-state index contributed by atoms with van der Waals surface area (Å²) in [6, 6.07) is 0.113. The molecular formula is C18H27NO5. The number of allylic oxidation sites excluding steroid dienone is 1. The fourth-order valence-electron chi connectivity index (χ4n) is 4.11. The molecule has 6 heteroatoms. The maximum absolute atomic E-state index is 12.6. The van der Waals surface area contributed by atoms with Crippen molar-refractivity contribution in [3.05, 3.63) is 11.6 Å². The van der Waals surface area contributed by atoms with E-state index in [9.17, 15) is 14.7 Å². The van der Waals surface area contributed by atoms with E-state index in [1.165, 1.54) is 6.92 Å². The van der Waals surface area contributed by atoms with Gasteiger partial charge in [0, 0.05) is 18.0 Å². The van der Waals surface area contributed by atoms with Crippen molar-refractivity contribution < 1.29 is 24.2 Å². The van der Waals surface area contributed by atoms with Crippen LogP contribution in [0.3, 0.4) is 0 Å². The average molecular weight is 337 g/mol. The molecule has 24 heavy (non-hydrogen) atoms. The number of carbonyl (C=O) groups is 2. The molecule has 0 saturated carbocycles. The maximum Gasteiger partial charge on any atom is 0.338 e. The van der Waals surface area contributed by atoms with Gasteiger partial charge in [-0.15, -0.1) is 0 Å². The van der Waals surface area contributed by atoms with Crippen molar-refractivity contribution in [2.24, 2.45) is 11.8 Å². The molecule has 1 unspecified atom stereocenters. The Balaban J connectivity index is 1.89. The summed E-state index contributed by atoms with van der Waals surface area (Å²) in [5.74, 6) is -1.23. The van der Waals surface area contributed by atoms with Crippen LogP contribution in [-0.2, 0) is 19.1 Å². The summed E-state index contributed by atoms with van der Waals surface area (Å²) in [6.45, 7) is 7.11. The van der Waals surface area contributed by atoms with E-state index in [2.05, 4.69) is 4.90 Å². The molecule has 0 aromatic rings. The van der Waals surface area contributed by atoms with Gasteiger partial charge in [0.2, 0.25) is 0 Å². The molecule has 134 valence electrons. The number of hydrogen-bond donors (Lipinski definition) is 1. The third-order valence-corrected chi connectivity index (χ3v) is 5.97. The van der Waals surface area contributed by atoms with Crippen molar-refractivity contribution in [3.8, 4) is 0 Å². The van der Waals surface area contributed by atoms with E-state index in [1.807, 2.05) is 0 Å². The van der Waals surface area contributed by atoms with Gasteiger partial charge in [0.25, 0.3) is 0 Å². The van der Waals surface area contributed by atoms with E-state index in [4.69, 9.17) is 9.47 Å². The van der Waals surface area contributed by atoms with Gasteiger partial charge in [0.05, 0.1) is 12.6 Å². The quantitative estimate of drug-likeness (QED) is 0.530. The van der Waals surface area contributed by atoms with Crippen LogP contribution in [0, 0.1) is 11.8 Å². The molecule has 5 atom stereocenters. The molecule has 0 aromatic carbocycles. The summed E-state index contributed by atoms with van der Waals surface area (Å²) >= 11 is 0. The molecule has 0 aromatic heterocycles. The molecule has 0 amide bonds. The zero-order valence-corrected chi connectivity index (χ0v) is 14.7. The lowest BCUT2D eigenvalue weighted by Gasteiger charge is -2.32. The van der Waals surface area contributed by atoms with Gasteiger partial charge in [-0.3, -0.25) is 4.90 Å². The van der Waals surface area contributed by atoms with Crippen molar-refractivity contribution in [2.75, 3.05) is 19.7 Å². The first-order valence-electron chi connectivity index (χ1n) is 8.84. The van der Waals surface area contributed by atoms with Crippen molar-refractivity contribution in [2.45, 2.75) is 57.8 Å². The van der Waals surface area contributed by atoms with Gasteiger partial charge in [0.1, 0.15) is 6.10 Å². The molecular weight excluding hydrogens is 310 g/mol. The Bertz CT molecular complexity index is 556. The van der Waals surface area contributed by atoms with Crippen molar-refractivity contribution in [3.63, 3.8) is 0 Å². The van der Waals surface area contributed by atoms with E-state index < -0.39 is 17.5 Å². The fourth-order valence-corrected chi connectivity index (χ4v) is 4.11. The lowest BCUT2D eigenvalue weighted by Crippen LogP contribution is -2.46. The van der Waals surface area contributed by atoms with Crippen LogP contribution in [-0.4, -0.2) is 59.4 Å². The van der Waals surface area contributed by atoms with Crippen molar-refractivity contribution in [1.29, 1.82) is 0 Å². The van der Waals surface area contributed by atoms with Crippen LogP contribution in [0.5, 0.6) is 0 Å². The van der Waals surface area contributed by atoms with Crippen LogP contribution in [0.25, 0.3) is 0 Å². The third-order valence-electron chi connectivity index (χ3n) is 5.97. The summed E-state index contributed by atoms with van der Waals surface area (Å²) in [7, 11) is 0. The lowest BCUT2D eigenvalue weighted by atomic mass is 9.85. The summed E-state index contributed by atoms with van der Waals surface area (Å²) in [4.78, 5) is 27.3. The summed E-state index contributed by atoms with van der Waals surface area (Å²) in [5, 5.41) is 10.6. The minimum absolute atomic E-state index is 0.113. The molecule has 0 spiro atoms. The highest BCUT2D eigenvalue weighted by molar-refractivity contribution is 5.89. The second-order valence-electron chi connectivity index (χ2n) is 7.47. The smallest absolute Gasteiger partial charge is 0.338 e. The predicted molar refractivity (Wildman–Crippen MR) is 87.1 cm³/mol. The minimum Gasteiger partial charge on any atom is -0.463 e. The third kappa shape index (κ3) is 2.97. The second kappa shape index (κ2) is 6.48. The van der Waals surface area contributed by atoms with Crippen molar-refractivity contribution in [1.82, 2.24) is 4.90 Å². The number of carbonyl (C=O) groups excluding carboxylic acids is 2. The normalized spacial score (nSPS) is 42.9. The van der Waals surface area contributed by atoms with E-state index >= 15 is 0 Å². The van der Waals surface area contributed by atoms with Gasteiger partial charge in [-0.25, -0.2) is 9.59 Å². The van der Waals surface area contributed by atoms with Crippen LogP contribution in [0.2, 0.25) is 0 Å². The zero-order valence-electron chi connectivity index (χ0n) is 14.7. The Kier molecular flexibility index (Phi) is 4.71. The molecule has 1 N–H and O–H groups in total. The van der Waals surface area contributed by atoms with Gasteiger partial charge in [-0.2, -0.15) is 0 Å². The maximum atomic E-state index is 12.6. The predicted octanol–water partition coefficient (Wildman–Crippen LogP) is 1.27. The number of cyclic esters (lactones) is 1. The average Bonchev–Trinajstić information content (AvgIpc) is 3.12. The molecule has 3 heterocycles. The van der Waals surface area contributed by atoms with Crippen LogP contribution in [0.1, 0.15) is 40.0 Å². The van der Waals surface area contributed by atoms with Crippen molar-refractivity contribution >= 4 is 11.9 Å². The monoisotopic (exact) mass is 337 g/mol. The number of rotatable bonds is 0. The summed E-state index contributed by atoms with van der Waals surface area (Å²) < 4.78 is 11.3. The lowest BCUT2D eigenvalue weighted by molar-refractivity contribution is -0.172. The Labute approximate surface area is 142 Å². The van der Waals surface area contributed by atoms with Crippen LogP contribution in [0.4, 0.5) is 0 Å². The molecule has 0 bridgehead atoms. The van der Waals surface area contributed by atoms with E-state index in [0.29, 0.717) is 5.57 Å². The molecule has 3 aliphatic rings. The first-order chi connectivity index (χ1) is 11.3.